The quantitative estimate of drug-likeness (QED) is 0.210. The van der Waals surface area contributed by atoms with Crippen molar-refractivity contribution < 1.29 is 28.2 Å². The Kier molecular flexibility index (Phi) is 7.68. The van der Waals surface area contributed by atoms with E-state index in [0.717, 1.165) is 4.90 Å². The van der Waals surface area contributed by atoms with Gasteiger partial charge in [-0.3, -0.25) is 14.9 Å². The van der Waals surface area contributed by atoms with Gasteiger partial charge in [0.15, 0.2) is 11.7 Å². The third-order valence-electron chi connectivity index (χ3n) is 4.61. The summed E-state index contributed by atoms with van der Waals surface area (Å²) in [6, 6.07) is 10.6. The number of nitrogens with one attached hydrogen (secondary N) is 1. The van der Waals surface area contributed by atoms with Gasteiger partial charge < -0.3 is 9.47 Å². The summed E-state index contributed by atoms with van der Waals surface area (Å²) in [4.78, 5) is 38.1. The number of amides is 2. The number of hydrogen-bond acceptors (Lipinski definition) is 6. The standard InChI is InChI=1S/C24H21FN2O5S/c1-3-7-16-12-15(10-11-20(16)32-14-21(28)31-4-2)13-17-22(29)26-24(33)27(23(17)30)19-9-6-5-8-18(19)25/h3,5-6,8-13H,1,4,7,14H2,2H3,(H,26,29,33)/b17-13+. The molecule has 2 amide bonds. The van der Waals surface area contributed by atoms with Crippen molar-refractivity contribution in [1.82, 2.24) is 5.32 Å². The van der Waals surface area contributed by atoms with Crippen LogP contribution in [0, 0.1) is 5.82 Å². The maximum absolute atomic E-state index is 14.3. The zero-order valence-electron chi connectivity index (χ0n) is 17.8. The van der Waals surface area contributed by atoms with Crippen LogP contribution in [-0.2, 0) is 25.5 Å². The summed E-state index contributed by atoms with van der Waals surface area (Å²) in [5, 5.41) is 2.22. The molecule has 1 heterocycles. The van der Waals surface area contributed by atoms with Gasteiger partial charge in [0, 0.05) is 0 Å². The van der Waals surface area contributed by atoms with Crippen molar-refractivity contribution in [2.24, 2.45) is 0 Å². The molecule has 9 heteroatoms. The highest BCUT2D eigenvalue weighted by molar-refractivity contribution is 7.80. The summed E-state index contributed by atoms with van der Waals surface area (Å²) >= 11 is 5.10. The van der Waals surface area contributed by atoms with E-state index < -0.39 is 23.6 Å². The van der Waals surface area contributed by atoms with Crippen LogP contribution in [0.2, 0.25) is 0 Å². The number of anilines is 1. The summed E-state index contributed by atoms with van der Waals surface area (Å²) in [6.07, 6.45) is 3.45. The fraction of sp³-hybridized carbons (Fsp3) is 0.167. The molecule has 0 saturated carbocycles. The Morgan fingerprint density at radius 1 is 1.24 bits per heavy atom. The Bertz CT molecular complexity index is 1160. The highest BCUT2D eigenvalue weighted by atomic mass is 32.1. The lowest BCUT2D eigenvalue weighted by Gasteiger charge is -2.29. The molecule has 1 aliphatic rings. The van der Waals surface area contributed by atoms with Crippen molar-refractivity contribution in [3.05, 3.63) is 77.6 Å². The Labute approximate surface area is 195 Å². The van der Waals surface area contributed by atoms with Gasteiger partial charge in [-0.2, -0.15) is 0 Å². The van der Waals surface area contributed by atoms with Gasteiger partial charge in [0.05, 0.1) is 12.3 Å². The predicted molar refractivity (Wildman–Crippen MR) is 125 cm³/mol. The molecule has 2 aromatic carbocycles. The van der Waals surface area contributed by atoms with Crippen LogP contribution in [0.3, 0.4) is 0 Å². The lowest BCUT2D eigenvalue weighted by Crippen LogP contribution is -2.54. The van der Waals surface area contributed by atoms with Crippen LogP contribution in [0.25, 0.3) is 6.08 Å². The molecule has 0 unspecified atom stereocenters. The number of para-hydroxylation sites is 1. The summed E-state index contributed by atoms with van der Waals surface area (Å²) in [5.41, 5.74) is 0.939. The Morgan fingerprint density at radius 2 is 2.00 bits per heavy atom. The van der Waals surface area contributed by atoms with Gasteiger partial charge in [-0.05, 0) is 67.0 Å². The second kappa shape index (κ2) is 10.6. The van der Waals surface area contributed by atoms with Crippen molar-refractivity contribution in [3.8, 4) is 5.75 Å². The van der Waals surface area contributed by atoms with E-state index in [1.165, 1.54) is 24.3 Å². The maximum Gasteiger partial charge on any atom is 0.344 e. The van der Waals surface area contributed by atoms with Gasteiger partial charge in [0.1, 0.15) is 17.1 Å². The average Bonchev–Trinajstić information content (AvgIpc) is 2.77. The first-order valence-electron chi connectivity index (χ1n) is 10.0. The van der Waals surface area contributed by atoms with Gasteiger partial charge in [-0.1, -0.05) is 24.3 Å². The van der Waals surface area contributed by atoms with Gasteiger partial charge in [-0.15, -0.1) is 6.58 Å². The summed E-state index contributed by atoms with van der Waals surface area (Å²) in [7, 11) is 0. The van der Waals surface area contributed by atoms with E-state index in [1.54, 1.807) is 37.3 Å². The fourth-order valence-corrected chi connectivity index (χ4v) is 3.43. The minimum absolute atomic E-state index is 0.0616. The number of esters is 1. The van der Waals surface area contributed by atoms with E-state index >= 15 is 0 Å². The molecule has 3 rings (SSSR count). The van der Waals surface area contributed by atoms with Crippen LogP contribution in [0.5, 0.6) is 5.75 Å². The topological polar surface area (TPSA) is 84.9 Å². The number of halogens is 1. The van der Waals surface area contributed by atoms with Crippen molar-refractivity contribution in [2.75, 3.05) is 18.1 Å². The number of thiocarbonyl (C=S) groups is 1. The van der Waals surface area contributed by atoms with Crippen molar-refractivity contribution >= 4 is 46.9 Å². The molecule has 170 valence electrons. The largest absolute Gasteiger partial charge is 0.482 e. The van der Waals surface area contributed by atoms with Gasteiger partial charge in [-0.25, -0.2) is 14.1 Å². The zero-order valence-corrected chi connectivity index (χ0v) is 18.6. The lowest BCUT2D eigenvalue weighted by atomic mass is 10.0. The summed E-state index contributed by atoms with van der Waals surface area (Å²) in [5.74, 6) is -2.15. The molecule has 0 atom stereocenters. The summed E-state index contributed by atoms with van der Waals surface area (Å²) < 4.78 is 24.7. The first kappa shape index (κ1) is 23.8. The Morgan fingerprint density at radius 3 is 2.70 bits per heavy atom. The van der Waals surface area contributed by atoms with Crippen molar-refractivity contribution in [2.45, 2.75) is 13.3 Å². The summed E-state index contributed by atoms with van der Waals surface area (Å²) in [6.45, 7) is 5.41. The van der Waals surface area contributed by atoms with Gasteiger partial charge >= 0.3 is 5.97 Å². The van der Waals surface area contributed by atoms with E-state index in [0.29, 0.717) is 23.3 Å². The number of ether oxygens (including phenoxy) is 2. The van der Waals surface area contributed by atoms with E-state index in [4.69, 9.17) is 21.7 Å². The number of allylic oxidation sites excluding steroid dienone is 1. The van der Waals surface area contributed by atoms with Gasteiger partial charge in [0.25, 0.3) is 11.8 Å². The molecule has 0 spiro atoms. The molecule has 2 aromatic rings. The molecule has 0 radical (unpaired) electrons. The molecule has 33 heavy (non-hydrogen) atoms. The molecule has 0 aliphatic carbocycles. The number of nitrogens with zero attached hydrogens (tertiary/aromatic N) is 1. The third-order valence-corrected chi connectivity index (χ3v) is 4.89. The first-order valence-corrected chi connectivity index (χ1v) is 10.4. The van der Waals surface area contributed by atoms with Crippen molar-refractivity contribution in [1.29, 1.82) is 0 Å². The Hall–Kier alpha value is -3.85. The highest BCUT2D eigenvalue weighted by Crippen LogP contribution is 2.26. The lowest BCUT2D eigenvalue weighted by molar-refractivity contribution is -0.145. The molecule has 0 bridgehead atoms. The molecule has 0 aromatic heterocycles. The third kappa shape index (κ3) is 5.50. The van der Waals surface area contributed by atoms with Crippen LogP contribution in [0.4, 0.5) is 10.1 Å². The number of carbonyl (C=O) groups excluding carboxylic acids is 3. The number of carbonyl (C=O) groups is 3. The maximum atomic E-state index is 14.3. The van der Waals surface area contributed by atoms with Crippen LogP contribution >= 0.6 is 12.2 Å². The van der Waals surface area contributed by atoms with E-state index in [2.05, 4.69) is 11.9 Å². The van der Waals surface area contributed by atoms with E-state index in [9.17, 15) is 18.8 Å². The zero-order chi connectivity index (χ0) is 24.0. The fourth-order valence-electron chi connectivity index (χ4n) is 3.16. The number of hydrogen-bond donors (Lipinski definition) is 1. The van der Waals surface area contributed by atoms with Crippen LogP contribution in [0.1, 0.15) is 18.1 Å². The van der Waals surface area contributed by atoms with Crippen molar-refractivity contribution in [3.63, 3.8) is 0 Å². The molecule has 1 fully saturated rings. The minimum atomic E-state index is -0.748. The van der Waals surface area contributed by atoms with Crippen LogP contribution in [-0.4, -0.2) is 36.1 Å². The molecule has 1 aliphatic heterocycles. The molecular formula is C24H21FN2O5S. The number of rotatable bonds is 8. The second-order valence-electron chi connectivity index (χ2n) is 6.86. The second-order valence-corrected chi connectivity index (χ2v) is 7.25. The average molecular weight is 469 g/mol. The molecular weight excluding hydrogens is 447 g/mol. The van der Waals surface area contributed by atoms with E-state index in [1.807, 2.05) is 0 Å². The normalized spacial score (nSPS) is 14.8. The monoisotopic (exact) mass is 468 g/mol. The number of benzene rings is 2. The first-order chi connectivity index (χ1) is 15.8. The minimum Gasteiger partial charge on any atom is -0.482 e. The van der Waals surface area contributed by atoms with Gasteiger partial charge in [0.2, 0.25) is 0 Å². The highest BCUT2D eigenvalue weighted by Gasteiger charge is 2.35. The smallest absolute Gasteiger partial charge is 0.344 e. The molecule has 1 saturated heterocycles. The SMILES string of the molecule is C=CCc1cc(/C=C2\C(=O)NC(=S)N(c3ccccc3F)C2=O)ccc1OCC(=O)OCC. The Balaban J connectivity index is 1.92. The van der Waals surface area contributed by atoms with Crippen LogP contribution < -0.4 is 15.0 Å². The predicted octanol–water partition coefficient (Wildman–Crippen LogP) is 3.33. The van der Waals surface area contributed by atoms with E-state index in [-0.39, 0.29) is 29.6 Å². The molecule has 1 N–H and O–H groups in total. The van der Waals surface area contributed by atoms with Crippen LogP contribution in [0.15, 0.2) is 60.7 Å². The molecule has 7 nitrogen and oxygen atoms in total.